The lowest BCUT2D eigenvalue weighted by Gasteiger charge is -2.32. The van der Waals surface area contributed by atoms with Crippen LogP contribution in [0.5, 0.6) is 0 Å². The number of alkyl halides is 5. The van der Waals surface area contributed by atoms with E-state index < -0.39 is 3.25 Å². The summed E-state index contributed by atoms with van der Waals surface area (Å²) in [5.41, 5.74) is 30.5. The van der Waals surface area contributed by atoms with Crippen LogP contribution in [0.2, 0.25) is 0 Å². The van der Waals surface area contributed by atoms with Crippen LogP contribution in [0.25, 0.3) is 33.4 Å². The van der Waals surface area contributed by atoms with Crippen LogP contribution in [0, 0.1) is 41.5 Å². The van der Waals surface area contributed by atoms with Crippen molar-refractivity contribution >= 4 is 220 Å². The first-order valence-corrected chi connectivity index (χ1v) is 48.5. The highest BCUT2D eigenvalue weighted by molar-refractivity contribution is 9.18. The highest BCUT2D eigenvalue weighted by atomic mass is 79.9. The molecule has 4 aromatic heterocycles. The number of aryl methyl sites for hydroxylation is 6. The summed E-state index contributed by atoms with van der Waals surface area (Å²) in [5, 5.41) is 0.901. The minimum atomic E-state index is -1.61. The Morgan fingerprint density at radius 1 is 0.356 bits per heavy atom. The lowest BCUT2D eigenvalue weighted by Crippen LogP contribution is -2.41. The summed E-state index contributed by atoms with van der Waals surface area (Å²) in [6, 6.07) is 29.0. The zero-order valence-corrected chi connectivity index (χ0v) is 88.3. The number of hydrogen-bond acceptors (Lipinski definition) is 25. The summed E-state index contributed by atoms with van der Waals surface area (Å²) >= 11 is 40.1. The Morgan fingerprint density at radius 3 is 0.933 bits per heavy atom. The molecule has 12 heterocycles. The van der Waals surface area contributed by atoms with Gasteiger partial charge in [0.1, 0.15) is 54.3 Å². The van der Waals surface area contributed by atoms with Gasteiger partial charge in [0.05, 0.1) is 57.0 Å². The maximum Gasteiger partial charge on any atom is 0.498 e. The Bertz CT molecular complexity index is 6190. The zero-order valence-electron chi connectivity index (χ0n) is 75.8. The molecule has 1 saturated heterocycles. The van der Waals surface area contributed by atoms with E-state index in [4.69, 9.17) is 74.7 Å². The number of carbonyl (C=O) groups is 4. The maximum atomic E-state index is 11.1. The number of aromatic nitrogens is 8. The van der Waals surface area contributed by atoms with E-state index in [1.54, 1.807) is 49.6 Å². The summed E-state index contributed by atoms with van der Waals surface area (Å²) in [5.74, 6) is 1.83. The van der Waals surface area contributed by atoms with Gasteiger partial charge in [0.15, 0.2) is 0 Å². The van der Waals surface area contributed by atoms with Gasteiger partial charge in [-0.05, 0) is 298 Å². The number of hydrogen-bond donors (Lipinski definition) is 0. The molecule has 0 N–H and O–H groups in total. The number of ether oxygens (including phenoxy) is 4. The van der Waals surface area contributed by atoms with Crippen LogP contribution >= 0.6 is 142 Å². The predicted molar refractivity (Wildman–Crippen MR) is 559 cm³/mol. The molecule has 0 radical (unpaired) electrons. The van der Waals surface area contributed by atoms with Crippen molar-refractivity contribution in [3.05, 3.63) is 293 Å². The van der Waals surface area contributed by atoms with Gasteiger partial charge in [-0.3, -0.25) is 54.1 Å². The minimum absolute atomic E-state index is 0. The van der Waals surface area contributed by atoms with Crippen molar-refractivity contribution in [2.75, 3.05) is 0 Å². The van der Waals surface area contributed by atoms with Crippen LogP contribution in [0.3, 0.4) is 0 Å². The van der Waals surface area contributed by atoms with E-state index in [1.165, 1.54) is 77.8 Å². The Balaban J connectivity index is 0.000000160. The minimum Gasteiger partial charge on any atom is -0.461 e. The Labute approximate surface area is 857 Å². The monoisotopic (exact) mass is 2280 g/mol. The average molecular weight is 2290 g/mol. The van der Waals surface area contributed by atoms with Crippen molar-refractivity contribution in [1.82, 2.24) is 39.9 Å². The molecular weight excluding hydrogens is 2190 g/mol. The summed E-state index contributed by atoms with van der Waals surface area (Å²) in [4.78, 5) is 107. The van der Waals surface area contributed by atoms with Crippen LogP contribution in [0.15, 0.2) is 187 Å². The molecule has 25 nitrogen and oxygen atoms in total. The quantitative estimate of drug-likeness (QED) is 0.0448. The maximum absolute atomic E-state index is 11.1. The second kappa shape index (κ2) is 49.7. The normalized spacial score (nSPS) is 13.8. The SMILES string of the molecule is BrCc1cc(Br)cc2c1CN=C2.C.CC(=O)OCc1cc(-c2cnc(C)nc2)cc2c1CN=C2.CC(=O)OCc1cc(-c2cnc(C)nc2)cc2c1CN=C2.CC(=O)OCc1cc(-c2cnc(C)nc2)cc2c1CN=C2Br.CC(=O)OCc1cc(Br)cc2c1CN=C2.Cc1cc(Br)cc2c1CN=C2.Cc1cc(Br)cc2c1CN=C2.Cc1ncc(B2OC(C)(C)C(C)(C)O2)cn1.ClC(Cl)(Cl)Cl. The molecule has 0 amide bonds. The average Bonchev–Trinajstić information content (AvgIpc) is 1.69. The van der Waals surface area contributed by atoms with E-state index >= 15 is 0 Å². The molecule has 11 aromatic rings. The Hall–Kier alpha value is -9.55. The van der Waals surface area contributed by atoms with Gasteiger partial charge in [0.2, 0.25) is 0 Å². The third-order valence-corrected chi connectivity index (χ3v) is 24.9. The number of nitrogens with zero attached hydrogens (tertiary/aromatic N) is 15. The van der Waals surface area contributed by atoms with E-state index in [0.717, 1.165) is 176 Å². The molecule has 0 atom stereocenters. The first-order valence-electron chi connectivity index (χ1n) is 41.9. The number of carbonyl (C=O) groups excluding carboxylic acids is 4. The van der Waals surface area contributed by atoms with Gasteiger partial charge in [-0.15, -0.1) is 0 Å². The lowest BCUT2D eigenvalue weighted by molar-refractivity contribution is -0.143. The van der Waals surface area contributed by atoms with Gasteiger partial charge in [0, 0.05) is 165 Å². The molecule has 1 fully saturated rings. The fourth-order valence-corrected chi connectivity index (χ4v) is 17.4. The molecule has 19 rings (SSSR count). The summed E-state index contributed by atoms with van der Waals surface area (Å²) in [6.45, 7) is 31.6. The molecule has 0 saturated carbocycles. The van der Waals surface area contributed by atoms with E-state index in [2.05, 4.69) is 239 Å². The summed E-state index contributed by atoms with van der Waals surface area (Å²) in [7, 11) is -0.370. The standard InChI is InChI=1S/C16H14BrN3O2.2C16H15N3O2.C11H17BN2O2.C11H10BrNO2.C9H7Br2N.2C9H8BrN.CCl4.CH4/c1-9-18-5-13(6-19-9)11-3-12(8-22-10(2)21)15-7-20-16(17)14(15)4-11;2*1-10-18-6-15(7-19-10)12-3-13-5-17-8-16(13)14(4-12)9-21-11(2)20;1-8-13-6-9(7-14-8)12-15-10(2,3)11(4,5)16-12;1-7(14)15-6-9-3-10(12)2-8-4-13-5-11(8)9;10-3-6-1-8(11)2-7-4-12-5-9(6)7;2*1-6-2-8(10)3-7-4-11-5-9(6)7;2-1(3,4)5;/h3-6H,7-8H2,1-2H3;2*3-7H,8-9H2,1-2H3;6-7H,1-5H3;2-4H,5-6H2,1H3;1-2,4H,3,5H2;2*2-4H,5H2,1H3;;1H4. The van der Waals surface area contributed by atoms with Crippen molar-refractivity contribution in [2.24, 2.45) is 34.9 Å². The van der Waals surface area contributed by atoms with E-state index in [9.17, 15) is 19.2 Å². The van der Waals surface area contributed by atoms with Crippen molar-refractivity contribution in [3.8, 4) is 33.4 Å². The van der Waals surface area contributed by atoms with Gasteiger partial charge in [-0.1, -0.05) is 133 Å². The Kier molecular flexibility index (Phi) is 39.5. The molecule has 0 bridgehead atoms. The third kappa shape index (κ3) is 31.2. The molecule has 702 valence electrons. The summed E-state index contributed by atoms with van der Waals surface area (Å²) < 4.78 is 35.8. The number of fused-ring (bicyclic) bond motifs is 7. The molecule has 0 spiro atoms. The number of benzene rings is 7. The van der Waals surface area contributed by atoms with Crippen molar-refractivity contribution < 1.29 is 47.4 Å². The van der Waals surface area contributed by atoms with Crippen LogP contribution in [0.4, 0.5) is 0 Å². The van der Waals surface area contributed by atoms with Gasteiger partial charge in [0.25, 0.3) is 3.25 Å². The smallest absolute Gasteiger partial charge is 0.461 e. The van der Waals surface area contributed by atoms with Crippen molar-refractivity contribution in [2.45, 2.75) is 196 Å². The second-order valence-electron chi connectivity index (χ2n) is 32.2. The highest BCUT2D eigenvalue weighted by Gasteiger charge is 2.52. The molecule has 0 aliphatic carbocycles. The van der Waals surface area contributed by atoms with Crippen LogP contribution < -0.4 is 5.46 Å². The fraction of sp³-hybridized carbons (Fsp3) is 0.303. The van der Waals surface area contributed by atoms with Crippen LogP contribution in [-0.4, -0.2) is 127 Å². The van der Waals surface area contributed by atoms with Gasteiger partial charge in [-0.25, -0.2) is 39.9 Å². The third-order valence-electron chi connectivity index (χ3n) is 21.7. The number of rotatable bonds is 13. The number of esters is 4. The van der Waals surface area contributed by atoms with Gasteiger partial charge < -0.3 is 28.3 Å². The molecule has 7 aromatic carbocycles. The Morgan fingerprint density at radius 2 is 0.615 bits per heavy atom. The van der Waals surface area contributed by atoms with Gasteiger partial charge >= 0.3 is 31.0 Å². The first kappa shape index (κ1) is 107. The van der Waals surface area contributed by atoms with E-state index in [1.807, 2.05) is 123 Å². The molecule has 36 heteroatoms. The lowest BCUT2D eigenvalue weighted by atomic mass is 9.81. The topological polar surface area (TPSA) is 313 Å². The molecular formula is C99H98BBr6Cl4N15O10. The number of halogens is 10. The fourth-order valence-electron chi connectivity index (χ4n) is 14.2. The molecule has 135 heavy (non-hydrogen) atoms. The summed E-state index contributed by atoms with van der Waals surface area (Å²) in [6.07, 6.45) is 25.6. The molecule has 8 aliphatic heterocycles. The zero-order chi connectivity index (χ0) is 96.9. The predicted octanol–water partition coefficient (Wildman–Crippen LogP) is 23.4. The molecule has 0 unspecified atom stereocenters. The van der Waals surface area contributed by atoms with E-state index in [0.29, 0.717) is 32.8 Å². The van der Waals surface area contributed by atoms with Gasteiger partial charge in [-0.2, -0.15) is 0 Å². The first-order chi connectivity index (χ1) is 63.6. The van der Waals surface area contributed by atoms with Crippen molar-refractivity contribution in [1.29, 1.82) is 0 Å². The van der Waals surface area contributed by atoms with E-state index in [-0.39, 0.29) is 69.4 Å². The largest absolute Gasteiger partial charge is 0.498 e. The highest BCUT2D eigenvalue weighted by Crippen LogP contribution is 2.39. The molecule has 8 aliphatic rings. The van der Waals surface area contributed by atoms with Crippen molar-refractivity contribution in [3.63, 3.8) is 0 Å². The van der Waals surface area contributed by atoms with Crippen LogP contribution in [-0.2, 0) is 125 Å². The van der Waals surface area contributed by atoms with Crippen LogP contribution in [0.1, 0.15) is 203 Å². The number of aliphatic imine (C=N–C) groups is 7. The second-order valence-corrected chi connectivity index (χ2v) is 40.6.